The van der Waals surface area contributed by atoms with Gasteiger partial charge in [0.05, 0.1) is 100 Å². The van der Waals surface area contributed by atoms with Crippen LogP contribution in [0.4, 0.5) is 0 Å². The van der Waals surface area contributed by atoms with E-state index in [1.807, 2.05) is 38.4 Å². The number of amides is 2. The second kappa shape index (κ2) is 31.4. The van der Waals surface area contributed by atoms with E-state index in [0.29, 0.717) is 46.3 Å². The van der Waals surface area contributed by atoms with Gasteiger partial charge in [-0.05, 0) is 108 Å². The number of sulfonamides is 2. The van der Waals surface area contributed by atoms with Crippen molar-refractivity contribution >= 4 is 78.3 Å². The first-order chi connectivity index (χ1) is 38.5. The van der Waals surface area contributed by atoms with E-state index < -0.39 is 31.9 Å². The summed E-state index contributed by atoms with van der Waals surface area (Å²) < 4.78 is 91.3. The molecule has 0 aliphatic carbocycles. The number of likely N-dealkylation sites (N-methyl/N-ethyl adjacent to an activating group) is 2. The number of fused-ring (bicyclic) bond motifs is 2. The van der Waals surface area contributed by atoms with Gasteiger partial charge >= 0.3 is 0 Å². The fourth-order valence-corrected chi connectivity index (χ4v) is 12.6. The lowest BCUT2D eigenvalue weighted by Gasteiger charge is -2.33. The highest BCUT2D eigenvalue weighted by Crippen LogP contribution is 2.40. The Labute approximate surface area is 489 Å². The quantitative estimate of drug-likeness (QED) is 0.0321. The second-order valence-corrected chi connectivity index (χ2v) is 24.3. The van der Waals surface area contributed by atoms with Gasteiger partial charge in [0.1, 0.15) is 0 Å². The molecule has 0 radical (unpaired) electrons. The monoisotopic (exact) mass is 1220 g/mol. The molecule has 7 rings (SSSR count). The van der Waals surface area contributed by atoms with Crippen LogP contribution in [0.5, 0.6) is 0 Å². The molecule has 0 saturated heterocycles. The maximum atomic E-state index is 13.2. The van der Waals surface area contributed by atoms with Crippen LogP contribution in [-0.4, -0.2) is 171 Å². The number of nitrogens with zero attached hydrogens (tertiary/aromatic N) is 2. The number of ether oxygens (including phenoxy) is 6. The van der Waals surface area contributed by atoms with Gasteiger partial charge in [0.25, 0.3) is 11.8 Å². The Morgan fingerprint density at radius 1 is 0.475 bits per heavy atom. The first-order valence-electron chi connectivity index (χ1n) is 26.1. The minimum Gasteiger partial charge on any atom is -0.378 e. The minimum absolute atomic E-state index is 0.0765. The number of benzene rings is 5. The average Bonchev–Trinajstić information content (AvgIpc) is 3.49. The van der Waals surface area contributed by atoms with E-state index in [1.54, 1.807) is 72.8 Å². The van der Waals surface area contributed by atoms with Gasteiger partial charge in [-0.15, -0.1) is 0 Å². The van der Waals surface area contributed by atoms with Gasteiger partial charge in [0.15, 0.2) is 0 Å². The summed E-state index contributed by atoms with van der Waals surface area (Å²) >= 11 is 25.7. The van der Waals surface area contributed by atoms with Crippen molar-refractivity contribution in [1.29, 1.82) is 0 Å². The summed E-state index contributed by atoms with van der Waals surface area (Å²) in [5.74, 6) is -1.05. The highest BCUT2D eigenvalue weighted by Gasteiger charge is 2.30. The summed E-state index contributed by atoms with van der Waals surface area (Å²) in [4.78, 5) is 30.6. The second-order valence-electron chi connectivity index (χ2n) is 19.1. The van der Waals surface area contributed by atoms with Crippen molar-refractivity contribution in [3.8, 4) is 0 Å². The van der Waals surface area contributed by atoms with Crippen molar-refractivity contribution in [3.63, 3.8) is 0 Å². The number of halogens is 4. The van der Waals surface area contributed by atoms with Crippen LogP contribution in [0.3, 0.4) is 0 Å². The molecule has 0 bridgehead atoms. The molecule has 0 fully saturated rings. The zero-order valence-corrected chi connectivity index (χ0v) is 49.3. The van der Waals surface area contributed by atoms with Crippen LogP contribution in [0.1, 0.15) is 65.9 Å². The third-order valence-electron chi connectivity index (χ3n) is 13.2. The summed E-state index contributed by atoms with van der Waals surface area (Å²) in [7, 11) is -3.61. The van der Waals surface area contributed by atoms with Crippen molar-refractivity contribution in [1.82, 2.24) is 29.9 Å². The maximum Gasteiger partial charge on any atom is 0.252 e. The lowest BCUT2D eigenvalue weighted by molar-refractivity contribution is 0.0162. The smallest absolute Gasteiger partial charge is 0.252 e. The van der Waals surface area contributed by atoms with Gasteiger partial charge in [0.2, 0.25) is 20.0 Å². The predicted octanol–water partition coefficient (Wildman–Crippen LogP) is 6.97. The Balaban J connectivity index is 0.673. The summed E-state index contributed by atoms with van der Waals surface area (Å²) in [5.41, 5.74) is 6.09. The molecule has 5 aromatic carbocycles. The molecular formula is C56H68Cl4N6O12S2. The van der Waals surface area contributed by atoms with Crippen LogP contribution in [0, 0.1) is 0 Å². The van der Waals surface area contributed by atoms with E-state index >= 15 is 0 Å². The van der Waals surface area contributed by atoms with E-state index in [9.17, 15) is 26.4 Å². The van der Waals surface area contributed by atoms with Gasteiger partial charge in [-0.25, -0.2) is 26.3 Å². The molecule has 4 N–H and O–H groups in total. The highest BCUT2D eigenvalue weighted by atomic mass is 35.5. The molecule has 0 saturated carbocycles. The van der Waals surface area contributed by atoms with Gasteiger partial charge in [-0.3, -0.25) is 9.59 Å². The Morgan fingerprint density at radius 3 is 1.20 bits per heavy atom. The third kappa shape index (κ3) is 18.6. The Kier molecular flexibility index (Phi) is 24.8. The lowest BCUT2D eigenvalue weighted by atomic mass is 9.85. The predicted molar refractivity (Wildman–Crippen MR) is 309 cm³/mol. The molecule has 24 heteroatoms. The van der Waals surface area contributed by atoms with Crippen molar-refractivity contribution in [2.45, 2.75) is 34.7 Å². The molecule has 5 aromatic rings. The normalized spacial score (nSPS) is 15.8. The van der Waals surface area contributed by atoms with Gasteiger partial charge in [-0.2, -0.15) is 0 Å². The van der Waals surface area contributed by atoms with Crippen LogP contribution >= 0.6 is 46.4 Å². The fraction of sp³-hybridized carbons (Fsp3) is 0.429. The van der Waals surface area contributed by atoms with Crippen molar-refractivity contribution in [2.24, 2.45) is 0 Å². The summed E-state index contributed by atoms with van der Waals surface area (Å²) in [6.45, 7) is 6.19. The van der Waals surface area contributed by atoms with E-state index in [-0.39, 0.29) is 138 Å². The van der Waals surface area contributed by atoms with Crippen LogP contribution in [0.2, 0.25) is 20.1 Å². The number of nitrogens with one attached hydrogen (secondary N) is 4. The maximum absolute atomic E-state index is 13.2. The average molecular weight is 1220 g/mol. The molecule has 18 nitrogen and oxygen atoms in total. The van der Waals surface area contributed by atoms with Gasteiger partial charge in [0, 0.05) is 84.3 Å². The molecule has 2 amide bonds. The van der Waals surface area contributed by atoms with Gasteiger partial charge < -0.3 is 48.9 Å². The number of carbonyl (C=O) groups is 2. The minimum atomic E-state index is -3.80. The fourth-order valence-electron chi connectivity index (χ4n) is 9.35. The zero-order chi connectivity index (χ0) is 57.1. The lowest BCUT2D eigenvalue weighted by Crippen LogP contribution is -2.32. The molecule has 2 atom stereocenters. The largest absolute Gasteiger partial charge is 0.378 e. The highest BCUT2D eigenvalue weighted by molar-refractivity contribution is 7.89. The SMILES string of the molecule is CN1Cc2c(Cl)cc(Cl)cc2C(c2cccc(S(=O)(=O)NCCOCCOCCOCCNC(=O)c3ccccc3C(=O)NCCOCCOCCOCCNS(=O)(=O)c3cccc(C4CN(C)Cc5c(Cl)cc(Cl)cc54)c3)c2)C1. The Bertz CT molecular complexity index is 2900. The summed E-state index contributed by atoms with van der Waals surface area (Å²) in [6, 6.07) is 27.6. The van der Waals surface area contributed by atoms with E-state index in [2.05, 4.69) is 29.9 Å². The first kappa shape index (κ1) is 63.3. The zero-order valence-electron chi connectivity index (χ0n) is 44.7. The third-order valence-corrected chi connectivity index (χ3v) is 17.2. The topological polar surface area (TPSA) is 212 Å². The molecule has 434 valence electrons. The molecule has 0 spiro atoms. The van der Waals surface area contributed by atoms with E-state index in [4.69, 9.17) is 74.8 Å². The first-order valence-corrected chi connectivity index (χ1v) is 30.6. The summed E-state index contributed by atoms with van der Waals surface area (Å²) in [6.07, 6.45) is 0. The number of hydrogen-bond donors (Lipinski definition) is 4. The van der Waals surface area contributed by atoms with E-state index in [1.165, 1.54) is 0 Å². The molecule has 2 aliphatic heterocycles. The van der Waals surface area contributed by atoms with E-state index in [0.717, 1.165) is 33.4 Å². The van der Waals surface area contributed by atoms with Gasteiger partial charge in [-0.1, -0.05) is 82.8 Å². The van der Waals surface area contributed by atoms with Crippen molar-refractivity contribution < 1.29 is 54.8 Å². The Morgan fingerprint density at radius 2 is 0.825 bits per heavy atom. The Hall–Kier alpha value is -4.30. The summed E-state index contributed by atoms with van der Waals surface area (Å²) in [5, 5.41) is 7.80. The van der Waals surface area contributed by atoms with Crippen LogP contribution in [0.25, 0.3) is 0 Å². The molecule has 2 aliphatic rings. The number of rotatable bonds is 32. The number of carbonyl (C=O) groups excluding carboxylic acids is 2. The molecular weight excluding hydrogens is 1150 g/mol. The van der Waals surface area contributed by atoms with Crippen molar-refractivity contribution in [2.75, 3.05) is 133 Å². The van der Waals surface area contributed by atoms with Crippen LogP contribution in [0.15, 0.2) is 107 Å². The number of hydrogen-bond acceptors (Lipinski definition) is 14. The molecule has 2 unspecified atom stereocenters. The van der Waals surface area contributed by atoms with Crippen LogP contribution < -0.4 is 20.1 Å². The molecule has 0 aromatic heterocycles. The van der Waals surface area contributed by atoms with Crippen LogP contribution in [-0.2, 0) is 61.6 Å². The van der Waals surface area contributed by atoms with Crippen molar-refractivity contribution in [3.05, 3.63) is 162 Å². The molecule has 80 heavy (non-hydrogen) atoms. The standard InChI is InChI=1S/C56H68Cl4N6O12S2/c1-65-35-49(47-31-41(57)33-53(59)51(47)37-65)39-7-5-9-43(29-39)79(69,70)63-15-19-75-23-27-77-25-21-73-17-13-61-55(67)45-11-3-4-12-46(45)56(68)62-14-18-74-22-26-78-28-24-76-20-16-64-80(71,72)44-10-6-8-40(30-44)50-36-66(2)38-52-48(50)32-42(58)34-54(52)60/h3-12,29-34,49-50,63-64H,13-28,35-38H2,1-2H3,(H,61,67)(H,62,68). The molecule has 2 heterocycles.